The van der Waals surface area contributed by atoms with Crippen LogP contribution in [-0.2, 0) is 9.53 Å². The molecule has 1 aromatic heterocycles. The molecule has 3 rings (SSSR count). The summed E-state index contributed by atoms with van der Waals surface area (Å²) in [4.78, 5) is 32.8. The second kappa shape index (κ2) is 8.28. The van der Waals surface area contributed by atoms with Gasteiger partial charge in [0.05, 0.1) is 18.8 Å². The van der Waals surface area contributed by atoms with Crippen LogP contribution in [-0.4, -0.2) is 54.5 Å². The van der Waals surface area contributed by atoms with E-state index < -0.39 is 0 Å². The molecule has 2 amide bonds. The Morgan fingerprint density at radius 2 is 2.04 bits per heavy atom. The largest absolute Gasteiger partial charge is 0.378 e. The normalized spacial score (nSPS) is 13.7. The molecule has 0 spiro atoms. The van der Waals surface area contributed by atoms with Crippen molar-refractivity contribution in [1.82, 2.24) is 9.88 Å². The standard InChI is InChI=1S/C20H19N3O3/c1-2-16-5-3-7-18(13-16)23(20(25)17-6-4-8-21-14-17)15-19(24)22-9-11-26-12-10-22/h1,3-8,13-14H,9-12,15H2. The summed E-state index contributed by atoms with van der Waals surface area (Å²) in [5, 5.41) is 0. The summed E-state index contributed by atoms with van der Waals surface area (Å²) in [6.07, 6.45) is 8.55. The minimum absolute atomic E-state index is 0.0677. The summed E-state index contributed by atoms with van der Waals surface area (Å²) in [6.45, 7) is 2.00. The van der Waals surface area contributed by atoms with Gasteiger partial charge < -0.3 is 9.64 Å². The Morgan fingerprint density at radius 3 is 2.73 bits per heavy atom. The van der Waals surface area contributed by atoms with Crippen LogP contribution in [0.1, 0.15) is 15.9 Å². The molecule has 2 aromatic rings. The van der Waals surface area contributed by atoms with Crippen molar-refractivity contribution in [2.75, 3.05) is 37.7 Å². The minimum Gasteiger partial charge on any atom is -0.378 e. The lowest BCUT2D eigenvalue weighted by atomic mass is 10.1. The Kier molecular flexibility index (Phi) is 5.62. The molecule has 1 aliphatic rings. The molecule has 2 heterocycles. The molecule has 0 bridgehead atoms. The number of terminal acetylenes is 1. The number of anilines is 1. The van der Waals surface area contributed by atoms with Crippen molar-refractivity contribution in [3.63, 3.8) is 0 Å². The molecule has 0 atom stereocenters. The molecule has 6 heteroatoms. The van der Waals surface area contributed by atoms with Gasteiger partial charge >= 0.3 is 0 Å². The molecule has 1 aromatic carbocycles. The third kappa shape index (κ3) is 4.08. The first kappa shape index (κ1) is 17.6. The predicted molar refractivity (Wildman–Crippen MR) is 97.7 cm³/mol. The maximum atomic E-state index is 13.0. The van der Waals surface area contributed by atoms with E-state index in [-0.39, 0.29) is 18.4 Å². The van der Waals surface area contributed by atoms with E-state index in [1.807, 2.05) is 0 Å². The van der Waals surface area contributed by atoms with Crippen molar-refractivity contribution >= 4 is 17.5 Å². The van der Waals surface area contributed by atoms with E-state index >= 15 is 0 Å². The van der Waals surface area contributed by atoms with Crippen molar-refractivity contribution in [2.24, 2.45) is 0 Å². The maximum absolute atomic E-state index is 13.0. The molecule has 26 heavy (non-hydrogen) atoms. The average Bonchev–Trinajstić information content (AvgIpc) is 2.72. The maximum Gasteiger partial charge on any atom is 0.260 e. The van der Waals surface area contributed by atoms with Crippen molar-refractivity contribution in [3.8, 4) is 12.3 Å². The first-order chi connectivity index (χ1) is 12.7. The Morgan fingerprint density at radius 1 is 1.23 bits per heavy atom. The molecule has 0 radical (unpaired) electrons. The zero-order valence-corrected chi connectivity index (χ0v) is 14.3. The number of amides is 2. The summed E-state index contributed by atoms with van der Waals surface area (Å²) in [6, 6.07) is 10.4. The highest BCUT2D eigenvalue weighted by Crippen LogP contribution is 2.19. The molecule has 6 nitrogen and oxygen atoms in total. The van der Waals surface area contributed by atoms with Crippen LogP contribution >= 0.6 is 0 Å². The monoisotopic (exact) mass is 349 g/mol. The van der Waals surface area contributed by atoms with E-state index in [1.54, 1.807) is 47.5 Å². The van der Waals surface area contributed by atoms with Crippen LogP contribution in [0, 0.1) is 12.3 Å². The van der Waals surface area contributed by atoms with Gasteiger partial charge in [0.2, 0.25) is 5.91 Å². The van der Waals surface area contributed by atoms with E-state index in [1.165, 1.54) is 11.1 Å². The van der Waals surface area contributed by atoms with Gasteiger partial charge in [-0.3, -0.25) is 19.5 Å². The van der Waals surface area contributed by atoms with Crippen LogP contribution in [0.4, 0.5) is 5.69 Å². The quantitative estimate of drug-likeness (QED) is 0.786. The van der Waals surface area contributed by atoms with Gasteiger partial charge in [-0.05, 0) is 30.3 Å². The second-order valence-electron chi connectivity index (χ2n) is 5.82. The zero-order chi connectivity index (χ0) is 18.4. The van der Waals surface area contributed by atoms with Crippen molar-refractivity contribution in [1.29, 1.82) is 0 Å². The Hall–Kier alpha value is -3.17. The number of nitrogens with zero attached hydrogens (tertiary/aromatic N) is 3. The molecular weight excluding hydrogens is 330 g/mol. The predicted octanol–water partition coefficient (Wildman–Crippen LogP) is 1.57. The van der Waals surface area contributed by atoms with Crippen LogP contribution in [0.3, 0.4) is 0 Å². The van der Waals surface area contributed by atoms with Gasteiger partial charge in [0.1, 0.15) is 6.54 Å². The van der Waals surface area contributed by atoms with E-state index in [2.05, 4.69) is 10.9 Å². The number of rotatable bonds is 4. The van der Waals surface area contributed by atoms with Gasteiger partial charge in [-0.25, -0.2) is 0 Å². The third-order valence-corrected chi connectivity index (χ3v) is 4.14. The highest BCUT2D eigenvalue weighted by molar-refractivity contribution is 6.08. The minimum atomic E-state index is -0.297. The second-order valence-corrected chi connectivity index (χ2v) is 5.82. The molecule has 0 N–H and O–H groups in total. The van der Waals surface area contributed by atoms with Gasteiger partial charge in [-0.2, -0.15) is 0 Å². The molecule has 1 aliphatic heterocycles. The van der Waals surface area contributed by atoms with Crippen molar-refractivity contribution in [3.05, 3.63) is 59.9 Å². The fraction of sp³-hybridized carbons (Fsp3) is 0.250. The third-order valence-electron chi connectivity index (χ3n) is 4.14. The van der Waals surface area contributed by atoms with E-state index in [9.17, 15) is 9.59 Å². The van der Waals surface area contributed by atoms with Crippen LogP contribution in [0.5, 0.6) is 0 Å². The Balaban J connectivity index is 1.89. The Labute approximate surface area is 152 Å². The van der Waals surface area contributed by atoms with Crippen LogP contribution in [0.15, 0.2) is 48.8 Å². The molecule has 1 saturated heterocycles. The summed E-state index contributed by atoms with van der Waals surface area (Å²) in [5.41, 5.74) is 1.63. The molecular formula is C20H19N3O3. The van der Waals surface area contributed by atoms with Gasteiger partial charge in [0.25, 0.3) is 5.91 Å². The molecule has 132 valence electrons. The van der Waals surface area contributed by atoms with Crippen molar-refractivity contribution < 1.29 is 14.3 Å². The summed E-state index contributed by atoms with van der Waals surface area (Å²) in [5.74, 6) is 2.13. The number of morpholine rings is 1. The fourth-order valence-electron chi connectivity index (χ4n) is 2.74. The lowest BCUT2D eigenvalue weighted by Gasteiger charge is -2.30. The number of pyridine rings is 1. The molecule has 0 saturated carbocycles. The summed E-state index contributed by atoms with van der Waals surface area (Å²) in [7, 11) is 0. The highest BCUT2D eigenvalue weighted by atomic mass is 16.5. The first-order valence-corrected chi connectivity index (χ1v) is 8.33. The average molecular weight is 349 g/mol. The van der Waals surface area contributed by atoms with Crippen LogP contribution in [0.2, 0.25) is 0 Å². The van der Waals surface area contributed by atoms with Gasteiger partial charge in [-0.15, -0.1) is 6.42 Å². The van der Waals surface area contributed by atoms with Gasteiger partial charge in [0, 0.05) is 36.7 Å². The van der Waals surface area contributed by atoms with Crippen LogP contribution in [0.25, 0.3) is 0 Å². The first-order valence-electron chi connectivity index (χ1n) is 8.33. The van der Waals surface area contributed by atoms with E-state index in [4.69, 9.17) is 11.2 Å². The number of hydrogen-bond acceptors (Lipinski definition) is 4. The lowest BCUT2D eigenvalue weighted by molar-refractivity contribution is -0.133. The molecule has 0 unspecified atom stereocenters. The van der Waals surface area contributed by atoms with E-state index in [0.29, 0.717) is 43.1 Å². The number of hydrogen-bond donors (Lipinski definition) is 0. The number of benzene rings is 1. The topological polar surface area (TPSA) is 62.7 Å². The molecule has 0 aliphatic carbocycles. The van der Waals surface area contributed by atoms with Crippen molar-refractivity contribution in [2.45, 2.75) is 0 Å². The van der Waals surface area contributed by atoms with Gasteiger partial charge in [-0.1, -0.05) is 12.0 Å². The van der Waals surface area contributed by atoms with Crippen LogP contribution < -0.4 is 4.90 Å². The number of ether oxygens (including phenoxy) is 1. The van der Waals surface area contributed by atoms with Gasteiger partial charge in [0.15, 0.2) is 0 Å². The number of aromatic nitrogens is 1. The number of carbonyl (C=O) groups is 2. The SMILES string of the molecule is C#Cc1cccc(N(CC(=O)N2CCOCC2)C(=O)c2cccnc2)c1. The van der Waals surface area contributed by atoms with E-state index in [0.717, 1.165) is 0 Å². The highest BCUT2D eigenvalue weighted by Gasteiger charge is 2.25. The summed E-state index contributed by atoms with van der Waals surface area (Å²) >= 11 is 0. The lowest BCUT2D eigenvalue weighted by Crippen LogP contribution is -2.47. The number of carbonyl (C=O) groups excluding carboxylic acids is 2. The zero-order valence-electron chi connectivity index (χ0n) is 14.3. The summed E-state index contributed by atoms with van der Waals surface area (Å²) < 4.78 is 5.28. The Bertz CT molecular complexity index is 824. The fourth-order valence-corrected chi connectivity index (χ4v) is 2.74. The smallest absolute Gasteiger partial charge is 0.260 e. The molecule has 1 fully saturated rings.